The van der Waals surface area contributed by atoms with Crippen molar-refractivity contribution in [1.82, 2.24) is 5.06 Å². The minimum Gasteiger partial charge on any atom is -0.221 e. The zero-order chi connectivity index (χ0) is 6.53. The summed E-state index contributed by atoms with van der Waals surface area (Å²) in [5.74, 6) is 0. The van der Waals surface area contributed by atoms with Gasteiger partial charge in [-0.05, 0) is 12.8 Å². The summed E-state index contributed by atoms with van der Waals surface area (Å²) in [5, 5.41) is 1.85. The molecule has 0 aromatic carbocycles. The molecule has 0 N–H and O–H groups in total. The fraction of sp³-hybridized carbons (Fsp3) is 1.00. The van der Waals surface area contributed by atoms with Crippen molar-refractivity contribution in [2.24, 2.45) is 0 Å². The van der Waals surface area contributed by atoms with E-state index in [1.807, 2.05) is 5.06 Å². The maximum Gasteiger partial charge on any atom is 0.0733 e. The zero-order valence-electron chi connectivity index (χ0n) is 5.80. The number of rotatable bonds is 2. The Morgan fingerprint density at radius 3 is 2.33 bits per heavy atom. The maximum atomic E-state index is 4.82. The molecule has 0 spiro atoms. The first-order chi connectivity index (χ1) is 4.43. The molecule has 0 bridgehead atoms. The van der Waals surface area contributed by atoms with Gasteiger partial charge in [0.1, 0.15) is 0 Å². The van der Waals surface area contributed by atoms with Gasteiger partial charge in [0.25, 0.3) is 0 Å². The fourth-order valence-electron chi connectivity index (χ4n) is 1.04. The minimum absolute atomic E-state index is 1.01. The number of piperidine rings is 1. The Bertz CT molecular complexity index is 68.7. The van der Waals surface area contributed by atoms with Crippen molar-refractivity contribution in [2.45, 2.75) is 19.3 Å². The molecule has 3 nitrogen and oxygen atoms in total. The van der Waals surface area contributed by atoms with Gasteiger partial charge in [-0.1, -0.05) is 6.42 Å². The van der Waals surface area contributed by atoms with E-state index in [2.05, 4.69) is 4.89 Å². The molecule has 0 aromatic heterocycles. The molecule has 1 fully saturated rings. The Labute approximate surface area is 55.4 Å². The molecule has 9 heavy (non-hydrogen) atoms. The molecular formula is C6H13NO2. The van der Waals surface area contributed by atoms with Crippen molar-refractivity contribution in [3.05, 3.63) is 0 Å². The van der Waals surface area contributed by atoms with Gasteiger partial charge in [-0.25, -0.2) is 4.89 Å². The van der Waals surface area contributed by atoms with Crippen LogP contribution in [0.1, 0.15) is 19.3 Å². The molecule has 0 saturated carbocycles. The smallest absolute Gasteiger partial charge is 0.0733 e. The first kappa shape index (κ1) is 6.99. The van der Waals surface area contributed by atoms with Crippen LogP contribution in [0.2, 0.25) is 0 Å². The number of nitrogens with zero attached hydrogens (tertiary/aromatic N) is 1. The van der Waals surface area contributed by atoms with Crippen molar-refractivity contribution in [1.29, 1.82) is 0 Å². The summed E-state index contributed by atoms with van der Waals surface area (Å²) in [7, 11) is 1.54. The molecule has 0 atom stereocenters. The summed E-state index contributed by atoms with van der Waals surface area (Å²) in [6, 6.07) is 0. The lowest BCUT2D eigenvalue weighted by Crippen LogP contribution is -2.29. The van der Waals surface area contributed by atoms with E-state index in [-0.39, 0.29) is 0 Å². The lowest BCUT2D eigenvalue weighted by atomic mass is 10.2. The van der Waals surface area contributed by atoms with Crippen LogP contribution in [-0.2, 0) is 9.88 Å². The normalized spacial score (nSPS) is 22.3. The van der Waals surface area contributed by atoms with Crippen LogP contribution in [0.3, 0.4) is 0 Å². The third-order valence-electron chi connectivity index (χ3n) is 1.49. The van der Waals surface area contributed by atoms with Crippen molar-refractivity contribution >= 4 is 0 Å². The van der Waals surface area contributed by atoms with Crippen LogP contribution >= 0.6 is 0 Å². The van der Waals surface area contributed by atoms with Crippen LogP contribution in [0, 0.1) is 0 Å². The number of hydroxylamine groups is 2. The van der Waals surface area contributed by atoms with E-state index >= 15 is 0 Å². The van der Waals surface area contributed by atoms with Gasteiger partial charge in [-0.3, -0.25) is 0 Å². The largest absolute Gasteiger partial charge is 0.221 e. The highest BCUT2D eigenvalue weighted by molar-refractivity contribution is 4.54. The highest BCUT2D eigenvalue weighted by Gasteiger charge is 2.09. The average Bonchev–Trinajstić information content (AvgIpc) is 1.91. The monoisotopic (exact) mass is 131 g/mol. The van der Waals surface area contributed by atoms with Gasteiger partial charge >= 0.3 is 0 Å². The Hall–Kier alpha value is -0.120. The van der Waals surface area contributed by atoms with Gasteiger partial charge in [0.15, 0.2) is 0 Å². The SMILES string of the molecule is COON1CCCCC1. The molecule has 0 radical (unpaired) electrons. The summed E-state index contributed by atoms with van der Waals surface area (Å²) in [6.45, 7) is 2.02. The second kappa shape index (κ2) is 3.82. The van der Waals surface area contributed by atoms with Crippen molar-refractivity contribution in [3.63, 3.8) is 0 Å². The fourth-order valence-corrected chi connectivity index (χ4v) is 1.04. The molecule has 3 heteroatoms. The summed E-state index contributed by atoms with van der Waals surface area (Å²) >= 11 is 0. The van der Waals surface area contributed by atoms with E-state index in [0.29, 0.717) is 0 Å². The molecule has 1 aliphatic rings. The molecule has 0 aliphatic carbocycles. The van der Waals surface area contributed by atoms with Gasteiger partial charge in [-0.2, -0.15) is 5.06 Å². The van der Waals surface area contributed by atoms with Crippen molar-refractivity contribution < 1.29 is 9.88 Å². The summed E-state index contributed by atoms with van der Waals surface area (Å²) in [4.78, 5) is 9.32. The lowest BCUT2D eigenvalue weighted by Gasteiger charge is -2.22. The molecule has 1 heterocycles. The van der Waals surface area contributed by atoms with E-state index in [4.69, 9.17) is 4.99 Å². The Morgan fingerprint density at radius 2 is 1.78 bits per heavy atom. The number of hydrogen-bond acceptors (Lipinski definition) is 3. The molecule has 0 unspecified atom stereocenters. The molecule has 0 aromatic rings. The molecule has 0 amide bonds. The highest BCUT2D eigenvalue weighted by Crippen LogP contribution is 2.07. The predicted octanol–water partition coefficient (Wildman–Crippen LogP) is 0.965. The summed E-state index contributed by atoms with van der Waals surface area (Å²) in [6.07, 6.45) is 3.77. The predicted molar refractivity (Wildman–Crippen MR) is 33.5 cm³/mol. The Kier molecular flexibility index (Phi) is 2.97. The van der Waals surface area contributed by atoms with E-state index < -0.39 is 0 Å². The van der Waals surface area contributed by atoms with E-state index in [1.165, 1.54) is 26.4 Å². The summed E-state index contributed by atoms with van der Waals surface area (Å²) in [5.41, 5.74) is 0. The van der Waals surface area contributed by atoms with Crippen LogP contribution in [0.15, 0.2) is 0 Å². The topological polar surface area (TPSA) is 21.7 Å². The van der Waals surface area contributed by atoms with Gasteiger partial charge in [0.2, 0.25) is 0 Å². The highest BCUT2D eigenvalue weighted by atomic mass is 17.3. The zero-order valence-corrected chi connectivity index (χ0v) is 5.80. The third kappa shape index (κ3) is 2.30. The van der Waals surface area contributed by atoms with Crippen LogP contribution in [-0.4, -0.2) is 25.3 Å². The first-order valence-corrected chi connectivity index (χ1v) is 3.39. The lowest BCUT2D eigenvalue weighted by molar-refractivity contribution is -0.415. The minimum atomic E-state index is 1.01. The van der Waals surface area contributed by atoms with Crippen LogP contribution in [0.4, 0.5) is 0 Å². The average molecular weight is 131 g/mol. The molecule has 1 rings (SSSR count). The second-order valence-electron chi connectivity index (χ2n) is 2.23. The van der Waals surface area contributed by atoms with Crippen LogP contribution < -0.4 is 0 Å². The van der Waals surface area contributed by atoms with Gasteiger partial charge < -0.3 is 0 Å². The number of hydrogen-bond donors (Lipinski definition) is 0. The van der Waals surface area contributed by atoms with Gasteiger partial charge in [0.05, 0.1) is 7.11 Å². The quantitative estimate of drug-likeness (QED) is 0.411. The Morgan fingerprint density at radius 1 is 1.11 bits per heavy atom. The van der Waals surface area contributed by atoms with E-state index in [0.717, 1.165) is 13.1 Å². The third-order valence-corrected chi connectivity index (χ3v) is 1.49. The summed E-state index contributed by atoms with van der Waals surface area (Å²) < 4.78 is 0. The molecule has 54 valence electrons. The Balaban J connectivity index is 2.08. The molecular weight excluding hydrogens is 118 g/mol. The first-order valence-electron chi connectivity index (χ1n) is 3.39. The maximum absolute atomic E-state index is 4.82. The van der Waals surface area contributed by atoms with Crippen molar-refractivity contribution in [3.8, 4) is 0 Å². The standard InChI is InChI=1S/C6H13NO2/c1-8-9-7-5-3-2-4-6-7/h2-6H2,1H3. The van der Waals surface area contributed by atoms with Gasteiger partial charge in [-0.15, -0.1) is 4.99 Å². The molecule has 1 saturated heterocycles. The van der Waals surface area contributed by atoms with Crippen molar-refractivity contribution in [2.75, 3.05) is 20.2 Å². The van der Waals surface area contributed by atoms with E-state index in [9.17, 15) is 0 Å². The molecule has 1 aliphatic heterocycles. The van der Waals surface area contributed by atoms with Crippen LogP contribution in [0.5, 0.6) is 0 Å². The van der Waals surface area contributed by atoms with E-state index in [1.54, 1.807) is 0 Å². The van der Waals surface area contributed by atoms with Gasteiger partial charge in [0, 0.05) is 13.1 Å². The second-order valence-corrected chi connectivity index (χ2v) is 2.23. The van der Waals surface area contributed by atoms with Crippen LogP contribution in [0.25, 0.3) is 0 Å².